The summed E-state index contributed by atoms with van der Waals surface area (Å²) in [6, 6.07) is 3.74. The van der Waals surface area contributed by atoms with Crippen LogP contribution in [0.4, 0.5) is 11.5 Å². The van der Waals surface area contributed by atoms with Crippen LogP contribution in [0.5, 0.6) is 0 Å². The van der Waals surface area contributed by atoms with Crippen LogP contribution in [-0.4, -0.2) is 52.0 Å². The lowest BCUT2D eigenvalue weighted by Gasteiger charge is -2.27. The highest BCUT2D eigenvalue weighted by Crippen LogP contribution is 2.21. The minimum atomic E-state index is -0.174. The van der Waals surface area contributed by atoms with Gasteiger partial charge in [-0.2, -0.15) is 5.10 Å². The molecule has 1 aliphatic heterocycles. The number of carbonyl (C=O) groups excluding carboxylic acids is 1. The lowest BCUT2D eigenvalue weighted by molar-refractivity contribution is -0.116. The van der Waals surface area contributed by atoms with E-state index in [1.807, 2.05) is 26.0 Å². The van der Waals surface area contributed by atoms with Gasteiger partial charge in [0.05, 0.1) is 30.8 Å². The van der Waals surface area contributed by atoms with Gasteiger partial charge in [0.2, 0.25) is 5.91 Å². The summed E-state index contributed by atoms with van der Waals surface area (Å²) >= 11 is 0. The molecule has 2 N–H and O–H groups in total. The number of H-pyrrole nitrogens is 1. The molecule has 4 rings (SSSR count). The Balaban J connectivity index is 1.41. The van der Waals surface area contributed by atoms with Crippen molar-refractivity contribution in [1.29, 1.82) is 0 Å². The number of fused-ring (bicyclic) bond motifs is 1. The van der Waals surface area contributed by atoms with Gasteiger partial charge in [-0.15, -0.1) is 0 Å². The third-order valence-corrected chi connectivity index (χ3v) is 5.52. The summed E-state index contributed by atoms with van der Waals surface area (Å²) in [5.74, 6) is 0.719. The molecule has 0 saturated carbocycles. The maximum absolute atomic E-state index is 12.5. The number of nitrogens with zero attached hydrogens (tertiary/aromatic N) is 4. The van der Waals surface area contributed by atoms with Crippen LogP contribution in [0.15, 0.2) is 23.1 Å². The molecule has 1 fully saturated rings. The zero-order valence-corrected chi connectivity index (χ0v) is 17.5. The summed E-state index contributed by atoms with van der Waals surface area (Å²) in [5, 5.41) is 8.18. The Morgan fingerprint density at radius 3 is 2.73 bits per heavy atom. The number of pyridine rings is 2. The van der Waals surface area contributed by atoms with E-state index in [2.05, 4.69) is 25.3 Å². The second kappa shape index (κ2) is 8.27. The number of anilines is 2. The molecule has 0 atom stereocenters. The van der Waals surface area contributed by atoms with Gasteiger partial charge >= 0.3 is 0 Å². The fourth-order valence-electron chi connectivity index (χ4n) is 3.96. The molecule has 3 aromatic heterocycles. The highest BCUT2D eigenvalue weighted by Gasteiger charge is 2.16. The van der Waals surface area contributed by atoms with Crippen LogP contribution in [0.25, 0.3) is 11.0 Å². The van der Waals surface area contributed by atoms with Crippen LogP contribution in [0.1, 0.15) is 23.2 Å². The number of amides is 1. The van der Waals surface area contributed by atoms with Gasteiger partial charge in [0, 0.05) is 37.5 Å². The van der Waals surface area contributed by atoms with Gasteiger partial charge in [-0.25, -0.2) is 4.98 Å². The number of morpholine rings is 1. The van der Waals surface area contributed by atoms with Crippen molar-refractivity contribution >= 4 is 28.4 Å². The predicted molar refractivity (Wildman–Crippen MR) is 115 cm³/mol. The van der Waals surface area contributed by atoms with E-state index in [9.17, 15) is 9.59 Å². The van der Waals surface area contributed by atoms with Crippen LogP contribution in [0.3, 0.4) is 0 Å². The van der Waals surface area contributed by atoms with Crippen molar-refractivity contribution in [3.05, 3.63) is 45.5 Å². The van der Waals surface area contributed by atoms with Crippen molar-refractivity contribution in [3.8, 4) is 0 Å². The van der Waals surface area contributed by atoms with E-state index in [0.717, 1.165) is 35.6 Å². The molecule has 3 aromatic rings. The number of carbonyl (C=O) groups is 1. The molecule has 1 aliphatic rings. The molecule has 0 spiro atoms. The molecule has 0 radical (unpaired) electrons. The molecule has 0 unspecified atom stereocenters. The molecule has 158 valence electrons. The largest absolute Gasteiger partial charge is 0.378 e. The Morgan fingerprint density at radius 2 is 2.03 bits per heavy atom. The molecular weight excluding hydrogens is 384 g/mol. The first-order valence-corrected chi connectivity index (χ1v) is 10.1. The van der Waals surface area contributed by atoms with Crippen molar-refractivity contribution in [1.82, 2.24) is 19.7 Å². The van der Waals surface area contributed by atoms with Crippen molar-refractivity contribution in [3.63, 3.8) is 0 Å². The SMILES string of the molecule is Cc1nn(C)c2[nH]c(=O)c(CCC(=O)Nc3ccc(N4CCOCC4)nc3)c(C)c12. The second-order valence-corrected chi connectivity index (χ2v) is 7.54. The molecular formula is C21H26N6O3. The van der Waals surface area contributed by atoms with Gasteiger partial charge in [-0.3, -0.25) is 14.3 Å². The summed E-state index contributed by atoms with van der Waals surface area (Å²) in [6.07, 6.45) is 2.22. The number of aromatic nitrogens is 4. The molecule has 0 aliphatic carbocycles. The molecule has 0 bridgehead atoms. The first-order chi connectivity index (χ1) is 14.4. The van der Waals surface area contributed by atoms with Crippen molar-refractivity contribution in [2.24, 2.45) is 7.05 Å². The Hall–Kier alpha value is -3.20. The van der Waals surface area contributed by atoms with E-state index in [4.69, 9.17) is 4.74 Å². The minimum Gasteiger partial charge on any atom is -0.378 e. The number of hydrogen-bond acceptors (Lipinski definition) is 6. The summed E-state index contributed by atoms with van der Waals surface area (Å²) in [7, 11) is 1.80. The monoisotopic (exact) mass is 410 g/mol. The van der Waals surface area contributed by atoms with E-state index in [-0.39, 0.29) is 17.9 Å². The van der Waals surface area contributed by atoms with Gasteiger partial charge in [-0.05, 0) is 38.0 Å². The van der Waals surface area contributed by atoms with Crippen LogP contribution in [0, 0.1) is 13.8 Å². The highest BCUT2D eigenvalue weighted by molar-refractivity contribution is 5.91. The average molecular weight is 410 g/mol. The standard InChI is InChI=1S/C21H26N6O3/c1-13-16(21(29)24-20-19(13)14(2)25-26(20)3)5-7-18(28)23-15-4-6-17(22-12-15)27-8-10-30-11-9-27/h4,6,12H,5,7-11H2,1-3H3,(H,23,28)(H,24,29). The zero-order chi connectivity index (χ0) is 21.3. The third kappa shape index (κ3) is 3.93. The lowest BCUT2D eigenvalue weighted by atomic mass is 10.0. The van der Waals surface area contributed by atoms with Gasteiger partial charge in [0.25, 0.3) is 5.56 Å². The summed E-state index contributed by atoms with van der Waals surface area (Å²) < 4.78 is 7.02. The van der Waals surface area contributed by atoms with Crippen molar-refractivity contribution in [2.75, 3.05) is 36.5 Å². The second-order valence-electron chi connectivity index (χ2n) is 7.54. The maximum atomic E-state index is 12.5. The van der Waals surface area contributed by atoms with E-state index < -0.39 is 0 Å². The van der Waals surface area contributed by atoms with Crippen LogP contribution >= 0.6 is 0 Å². The Labute approximate surface area is 174 Å². The number of aromatic amines is 1. The number of ether oxygens (including phenoxy) is 1. The van der Waals surface area contributed by atoms with Crippen LogP contribution < -0.4 is 15.8 Å². The summed E-state index contributed by atoms with van der Waals surface area (Å²) in [4.78, 5) is 34.4. The predicted octanol–water partition coefficient (Wildman–Crippen LogP) is 1.68. The summed E-state index contributed by atoms with van der Waals surface area (Å²) in [6.45, 7) is 6.85. The van der Waals surface area contributed by atoms with Gasteiger partial charge in [0.15, 0.2) is 0 Å². The fourth-order valence-corrected chi connectivity index (χ4v) is 3.96. The van der Waals surface area contributed by atoms with E-state index >= 15 is 0 Å². The van der Waals surface area contributed by atoms with Crippen molar-refractivity contribution in [2.45, 2.75) is 26.7 Å². The van der Waals surface area contributed by atoms with E-state index in [1.54, 1.807) is 17.9 Å². The smallest absolute Gasteiger partial charge is 0.253 e. The Kier molecular flexibility index (Phi) is 5.54. The molecule has 1 amide bonds. The topological polar surface area (TPSA) is 105 Å². The van der Waals surface area contributed by atoms with Crippen LogP contribution in [-0.2, 0) is 23.0 Å². The Morgan fingerprint density at radius 1 is 1.27 bits per heavy atom. The van der Waals surface area contributed by atoms with E-state index in [0.29, 0.717) is 36.5 Å². The normalized spacial score (nSPS) is 14.3. The first kappa shape index (κ1) is 20.1. The molecule has 9 nitrogen and oxygen atoms in total. The van der Waals surface area contributed by atoms with Gasteiger partial charge < -0.3 is 19.9 Å². The quantitative estimate of drug-likeness (QED) is 0.663. The maximum Gasteiger partial charge on any atom is 0.253 e. The lowest BCUT2D eigenvalue weighted by Crippen LogP contribution is -2.36. The third-order valence-electron chi connectivity index (χ3n) is 5.52. The van der Waals surface area contributed by atoms with Crippen molar-refractivity contribution < 1.29 is 9.53 Å². The number of nitrogens with one attached hydrogen (secondary N) is 2. The fraction of sp³-hybridized carbons (Fsp3) is 0.429. The highest BCUT2D eigenvalue weighted by atomic mass is 16.5. The number of rotatable bonds is 5. The van der Waals surface area contributed by atoms with Gasteiger partial charge in [-0.1, -0.05) is 0 Å². The van der Waals surface area contributed by atoms with Crippen LogP contribution in [0.2, 0.25) is 0 Å². The average Bonchev–Trinajstić information content (AvgIpc) is 3.02. The molecule has 30 heavy (non-hydrogen) atoms. The first-order valence-electron chi connectivity index (χ1n) is 10.1. The molecule has 4 heterocycles. The zero-order valence-electron chi connectivity index (χ0n) is 17.5. The van der Waals surface area contributed by atoms with Gasteiger partial charge in [0.1, 0.15) is 11.5 Å². The molecule has 1 saturated heterocycles. The minimum absolute atomic E-state index is 0.155. The Bertz CT molecular complexity index is 1130. The molecule has 0 aromatic carbocycles. The number of hydrogen-bond donors (Lipinski definition) is 2. The van der Waals surface area contributed by atoms with E-state index in [1.165, 1.54) is 0 Å². The molecule has 9 heteroatoms. The number of aryl methyl sites for hydroxylation is 3. The summed E-state index contributed by atoms with van der Waals surface area (Å²) in [5.41, 5.74) is 3.53.